The SMILES string of the molecule is O=c1c2ccccc2c(OCCCS(=O)(=O)O)nn1-c1ccccc1. The predicted octanol–water partition coefficient (Wildman–Crippen LogP) is 2.04. The van der Waals surface area contributed by atoms with Gasteiger partial charge in [-0.25, -0.2) is 0 Å². The summed E-state index contributed by atoms with van der Waals surface area (Å²) in [5.41, 5.74) is 0.327. The summed E-state index contributed by atoms with van der Waals surface area (Å²) in [5, 5.41) is 5.27. The van der Waals surface area contributed by atoms with Gasteiger partial charge in [-0.05, 0) is 30.7 Å². The van der Waals surface area contributed by atoms with Crippen LogP contribution in [0.4, 0.5) is 0 Å². The molecule has 0 aliphatic carbocycles. The smallest absolute Gasteiger partial charge is 0.279 e. The van der Waals surface area contributed by atoms with Crippen LogP contribution in [0.25, 0.3) is 16.5 Å². The fourth-order valence-electron chi connectivity index (χ4n) is 2.42. The van der Waals surface area contributed by atoms with Crippen LogP contribution in [-0.2, 0) is 10.1 Å². The normalized spacial score (nSPS) is 11.6. The van der Waals surface area contributed by atoms with Crippen molar-refractivity contribution < 1.29 is 17.7 Å². The molecule has 8 heteroatoms. The molecule has 0 saturated heterocycles. The van der Waals surface area contributed by atoms with E-state index >= 15 is 0 Å². The van der Waals surface area contributed by atoms with Crippen molar-refractivity contribution in [2.45, 2.75) is 6.42 Å². The van der Waals surface area contributed by atoms with Gasteiger partial charge in [-0.2, -0.15) is 13.1 Å². The van der Waals surface area contributed by atoms with Crippen molar-refractivity contribution in [3.05, 3.63) is 65.0 Å². The minimum atomic E-state index is -4.03. The second-order valence-corrected chi connectivity index (χ2v) is 6.96. The number of nitrogens with zero attached hydrogens (tertiary/aromatic N) is 2. The lowest BCUT2D eigenvalue weighted by Gasteiger charge is -2.11. The summed E-state index contributed by atoms with van der Waals surface area (Å²) >= 11 is 0. The van der Waals surface area contributed by atoms with Gasteiger partial charge in [0, 0.05) is 0 Å². The zero-order chi connectivity index (χ0) is 17.9. The first kappa shape index (κ1) is 17.1. The molecule has 7 nitrogen and oxygen atoms in total. The Morgan fingerprint density at radius 2 is 1.64 bits per heavy atom. The first-order valence-corrected chi connectivity index (χ1v) is 9.22. The molecule has 0 spiro atoms. The van der Waals surface area contributed by atoms with Gasteiger partial charge >= 0.3 is 0 Å². The predicted molar refractivity (Wildman–Crippen MR) is 93.9 cm³/mol. The minimum absolute atomic E-state index is 0.0454. The van der Waals surface area contributed by atoms with Gasteiger partial charge in [0.25, 0.3) is 15.7 Å². The highest BCUT2D eigenvalue weighted by Gasteiger charge is 2.13. The summed E-state index contributed by atoms with van der Waals surface area (Å²) in [6.07, 6.45) is 0.110. The zero-order valence-electron chi connectivity index (χ0n) is 13.2. The Kier molecular flexibility index (Phi) is 4.82. The Morgan fingerprint density at radius 3 is 2.32 bits per heavy atom. The zero-order valence-corrected chi connectivity index (χ0v) is 14.0. The van der Waals surface area contributed by atoms with Crippen LogP contribution in [0.3, 0.4) is 0 Å². The van der Waals surface area contributed by atoms with E-state index in [0.29, 0.717) is 16.5 Å². The maximum Gasteiger partial charge on any atom is 0.279 e. The van der Waals surface area contributed by atoms with E-state index in [1.807, 2.05) is 6.07 Å². The lowest BCUT2D eigenvalue weighted by molar-refractivity contribution is 0.302. The van der Waals surface area contributed by atoms with Crippen LogP contribution in [-0.4, -0.2) is 35.1 Å². The molecule has 0 atom stereocenters. The summed E-state index contributed by atoms with van der Waals surface area (Å²) in [4.78, 5) is 12.7. The molecule has 0 aliphatic rings. The van der Waals surface area contributed by atoms with Gasteiger partial charge in [0.05, 0.1) is 28.8 Å². The third kappa shape index (κ3) is 4.04. The van der Waals surface area contributed by atoms with Crippen molar-refractivity contribution in [1.29, 1.82) is 0 Å². The number of para-hydroxylation sites is 1. The first-order valence-electron chi connectivity index (χ1n) is 7.61. The topological polar surface area (TPSA) is 98.5 Å². The Labute approximate surface area is 144 Å². The van der Waals surface area contributed by atoms with E-state index < -0.39 is 15.9 Å². The van der Waals surface area contributed by atoms with Crippen molar-refractivity contribution in [1.82, 2.24) is 9.78 Å². The quantitative estimate of drug-likeness (QED) is 0.533. The maximum absolute atomic E-state index is 12.7. The van der Waals surface area contributed by atoms with Crippen LogP contribution in [0, 0.1) is 0 Å². The molecule has 0 aliphatic heterocycles. The summed E-state index contributed by atoms with van der Waals surface area (Å²) in [6, 6.07) is 15.9. The molecule has 0 fully saturated rings. The number of hydrogen-bond acceptors (Lipinski definition) is 5. The van der Waals surface area contributed by atoms with Gasteiger partial charge in [-0.15, -0.1) is 5.10 Å². The van der Waals surface area contributed by atoms with Crippen molar-refractivity contribution in [2.75, 3.05) is 12.4 Å². The summed E-state index contributed by atoms with van der Waals surface area (Å²) in [7, 11) is -4.03. The van der Waals surface area contributed by atoms with Gasteiger partial charge in [-0.3, -0.25) is 9.35 Å². The highest BCUT2D eigenvalue weighted by atomic mass is 32.2. The first-order chi connectivity index (χ1) is 12.0. The maximum atomic E-state index is 12.7. The Hall–Kier alpha value is -2.71. The van der Waals surface area contributed by atoms with E-state index in [1.165, 1.54) is 4.68 Å². The fraction of sp³-hybridized carbons (Fsp3) is 0.176. The number of aromatic nitrogens is 2. The number of rotatable bonds is 6. The number of benzene rings is 2. The van der Waals surface area contributed by atoms with Crippen LogP contribution in [0.5, 0.6) is 5.88 Å². The summed E-state index contributed by atoms with van der Waals surface area (Å²) in [5.74, 6) is -0.169. The van der Waals surface area contributed by atoms with E-state index in [-0.39, 0.29) is 24.5 Å². The Bertz CT molecular complexity index is 1050. The van der Waals surface area contributed by atoms with E-state index in [4.69, 9.17) is 9.29 Å². The van der Waals surface area contributed by atoms with E-state index in [2.05, 4.69) is 5.10 Å². The Morgan fingerprint density at radius 1 is 1.00 bits per heavy atom. The van der Waals surface area contributed by atoms with Crippen molar-refractivity contribution >= 4 is 20.9 Å². The third-order valence-corrected chi connectivity index (χ3v) is 4.36. The summed E-state index contributed by atoms with van der Waals surface area (Å²) in [6.45, 7) is 0.0454. The molecule has 1 heterocycles. The standard InChI is InChI=1S/C17H16N2O5S/c20-17-15-10-5-4-9-14(15)16(24-11-6-12-25(21,22)23)18-19(17)13-7-2-1-3-8-13/h1-5,7-10H,6,11-12H2,(H,21,22,23). The van der Waals surface area contributed by atoms with Crippen molar-refractivity contribution in [3.63, 3.8) is 0 Å². The molecular formula is C17H16N2O5S. The van der Waals surface area contributed by atoms with Crippen LogP contribution >= 0.6 is 0 Å². The van der Waals surface area contributed by atoms with Gasteiger partial charge in [0.15, 0.2) is 0 Å². The second-order valence-electron chi connectivity index (χ2n) is 5.39. The lowest BCUT2D eigenvalue weighted by Crippen LogP contribution is -2.22. The molecule has 130 valence electrons. The monoisotopic (exact) mass is 360 g/mol. The molecule has 2 aromatic carbocycles. The highest BCUT2D eigenvalue weighted by Crippen LogP contribution is 2.21. The molecule has 0 bridgehead atoms. The van der Waals surface area contributed by atoms with Gasteiger partial charge in [0.1, 0.15) is 0 Å². The van der Waals surface area contributed by atoms with E-state index in [0.717, 1.165) is 0 Å². The second kappa shape index (κ2) is 7.04. The average Bonchev–Trinajstić information content (AvgIpc) is 2.60. The van der Waals surface area contributed by atoms with Crippen LogP contribution in [0.15, 0.2) is 59.4 Å². The largest absolute Gasteiger partial charge is 0.476 e. The van der Waals surface area contributed by atoms with E-state index in [9.17, 15) is 13.2 Å². The van der Waals surface area contributed by atoms with Gasteiger partial charge in [0.2, 0.25) is 5.88 Å². The van der Waals surface area contributed by atoms with Gasteiger partial charge in [-0.1, -0.05) is 30.3 Å². The molecule has 1 aromatic heterocycles. The Balaban J connectivity index is 1.99. The highest BCUT2D eigenvalue weighted by molar-refractivity contribution is 7.85. The number of ether oxygens (including phenoxy) is 1. The van der Waals surface area contributed by atoms with Crippen LogP contribution < -0.4 is 10.3 Å². The van der Waals surface area contributed by atoms with Crippen LogP contribution in [0.2, 0.25) is 0 Å². The molecule has 0 saturated carbocycles. The van der Waals surface area contributed by atoms with Crippen molar-refractivity contribution in [2.24, 2.45) is 0 Å². The molecule has 3 aromatic rings. The molecule has 3 rings (SSSR count). The van der Waals surface area contributed by atoms with Crippen molar-refractivity contribution in [3.8, 4) is 11.6 Å². The molecule has 0 amide bonds. The van der Waals surface area contributed by atoms with Crippen LogP contribution in [0.1, 0.15) is 6.42 Å². The number of fused-ring (bicyclic) bond motifs is 1. The molecular weight excluding hydrogens is 344 g/mol. The lowest BCUT2D eigenvalue weighted by atomic mass is 10.2. The molecule has 0 radical (unpaired) electrons. The fourth-order valence-corrected chi connectivity index (χ4v) is 2.90. The third-order valence-electron chi connectivity index (χ3n) is 3.56. The minimum Gasteiger partial charge on any atom is -0.476 e. The van der Waals surface area contributed by atoms with Gasteiger partial charge < -0.3 is 4.74 Å². The molecule has 25 heavy (non-hydrogen) atoms. The van der Waals surface area contributed by atoms with E-state index in [1.54, 1.807) is 48.5 Å². The summed E-state index contributed by atoms with van der Waals surface area (Å²) < 4.78 is 37.2. The molecule has 0 unspecified atom stereocenters. The average molecular weight is 360 g/mol. The molecule has 1 N–H and O–H groups in total. The number of hydrogen-bond donors (Lipinski definition) is 1.